The van der Waals surface area contributed by atoms with Crippen molar-refractivity contribution in [1.82, 2.24) is 14.7 Å². The van der Waals surface area contributed by atoms with E-state index in [0.717, 1.165) is 6.42 Å². The number of nitrogens with one attached hydrogen (secondary N) is 1. The van der Waals surface area contributed by atoms with E-state index in [2.05, 4.69) is 10.4 Å². The summed E-state index contributed by atoms with van der Waals surface area (Å²) in [6, 6.07) is 7.14. The Morgan fingerprint density at radius 2 is 2.11 bits per heavy atom. The van der Waals surface area contributed by atoms with Gasteiger partial charge in [-0.15, -0.1) is 11.8 Å². The molecule has 2 aliphatic rings. The summed E-state index contributed by atoms with van der Waals surface area (Å²) in [5.74, 6) is 0.766. The fraction of sp³-hybridized carbons (Fsp3) is 0.389. The Balaban J connectivity index is 1.58. The fourth-order valence-corrected chi connectivity index (χ4v) is 5.16. The van der Waals surface area contributed by atoms with Gasteiger partial charge >= 0.3 is 0 Å². The average Bonchev–Trinajstić information content (AvgIpc) is 3.28. The number of rotatable bonds is 4. The Labute approximate surface area is 165 Å². The summed E-state index contributed by atoms with van der Waals surface area (Å²) >= 11 is 1.63. The molecule has 0 radical (unpaired) electrons. The summed E-state index contributed by atoms with van der Waals surface area (Å²) in [7, 11) is 0. The molecule has 1 N–H and O–H groups in total. The molecule has 10 heteroatoms. The zero-order chi connectivity index (χ0) is 20.1. The van der Waals surface area contributed by atoms with Gasteiger partial charge in [0.2, 0.25) is 11.8 Å². The zero-order valence-electron chi connectivity index (χ0n) is 15.4. The van der Waals surface area contributed by atoms with Crippen LogP contribution in [-0.4, -0.2) is 48.1 Å². The molecule has 0 bridgehead atoms. The molecule has 2 amide bonds. The number of aryl methyl sites for hydroxylation is 1. The highest BCUT2D eigenvalue weighted by Gasteiger charge is 2.52. The Hall–Kier alpha value is -2.88. The first-order valence-corrected chi connectivity index (χ1v) is 9.85. The van der Waals surface area contributed by atoms with Crippen LogP contribution in [0.15, 0.2) is 30.3 Å². The number of hydrogen-bond acceptors (Lipinski definition) is 6. The first-order valence-electron chi connectivity index (χ1n) is 8.87. The van der Waals surface area contributed by atoms with Crippen LogP contribution in [0.2, 0.25) is 0 Å². The normalized spacial score (nSPS) is 23.7. The predicted octanol–water partition coefficient (Wildman–Crippen LogP) is 2.48. The summed E-state index contributed by atoms with van der Waals surface area (Å²) < 4.78 is 1.53. The van der Waals surface area contributed by atoms with Crippen LogP contribution >= 0.6 is 11.8 Å². The maximum absolute atomic E-state index is 12.9. The smallest absolute Gasteiger partial charge is 0.269 e. The second-order valence-electron chi connectivity index (χ2n) is 7.11. The molecular formula is C18H19N5O4S. The Bertz CT molecular complexity index is 973. The molecule has 2 aromatic rings. The van der Waals surface area contributed by atoms with E-state index >= 15 is 0 Å². The number of hydrogen-bond donors (Lipinski definition) is 1. The van der Waals surface area contributed by atoms with E-state index in [1.807, 2.05) is 6.92 Å². The lowest BCUT2D eigenvalue weighted by Crippen LogP contribution is -2.48. The lowest BCUT2D eigenvalue weighted by atomic mass is 10.2. The molecule has 2 unspecified atom stereocenters. The van der Waals surface area contributed by atoms with Gasteiger partial charge in [0.1, 0.15) is 11.9 Å². The Morgan fingerprint density at radius 3 is 2.79 bits per heavy atom. The molecular weight excluding hydrogens is 382 g/mol. The first kappa shape index (κ1) is 18.5. The molecule has 0 spiro atoms. The van der Waals surface area contributed by atoms with Crippen molar-refractivity contribution >= 4 is 35.1 Å². The highest BCUT2D eigenvalue weighted by Crippen LogP contribution is 2.47. The maximum atomic E-state index is 12.9. The van der Waals surface area contributed by atoms with E-state index in [4.69, 9.17) is 0 Å². The molecule has 4 rings (SSSR count). The highest BCUT2D eigenvalue weighted by atomic mass is 32.2. The molecule has 2 fully saturated rings. The number of amides is 2. The maximum Gasteiger partial charge on any atom is 0.269 e. The monoisotopic (exact) mass is 401 g/mol. The second-order valence-corrected chi connectivity index (χ2v) is 8.61. The number of thioether (sulfide) groups is 1. The number of carbonyl (C=O) groups excluding carboxylic acids is 2. The lowest BCUT2D eigenvalue weighted by molar-refractivity contribution is -0.384. The summed E-state index contributed by atoms with van der Waals surface area (Å²) in [6.45, 7) is 3.80. The fourth-order valence-electron chi connectivity index (χ4n) is 3.73. The minimum atomic E-state index is -0.523. The van der Waals surface area contributed by atoms with Gasteiger partial charge in [0.25, 0.3) is 5.69 Å². The first-order chi connectivity index (χ1) is 13.3. The van der Waals surface area contributed by atoms with Gasteiger partial charge in [-0.1, -0.05) is 0 Å². The quantitative estimate of drug-likeness (QED) is 0.622. The van der Waals surface area contributed by atoms with Gasteiger partial charge in [0, 0.05) is 30.4 Å². The third-order valence-corrected chi connectivity index (χ3v) is 6.64. The molecule has 0 aliphatic carbocycles. The van der Waals surface area contributed by atoms with Gasteiger partial charge in [0.15, 0.2) is 0 Å². The van der Waals surface area contributed by atoms with Crippen LogP contribution in [0.3, 0.4) is 0 Å². The number of benzene rings is 1. The van der Waals surface area contributed by atoms with E-state index in [0.29, 0.717) is 29.4 Å². The molecule has 1 aromatic heterocycles. The number of carbonyl (C=O) groups is 2. The van der Waals surface area contributed by atoms with Crippen molar-refractivity contribution in [3.8, 4) is 5.69 Å². The third-order valence-electron chi connectivity index (χ3n) is 5.14. The molecule has 0 saturated carbocycles. The summed E-state index contributed by atoms with van der Waals surface area (Å²) in [4.78, 5) is 37.0. The third kappa shape index (κ3) is 3.03. The van der Waals surface area contributed by atoms with E-state index in [9.17, 15) is 19.7 Å². The van der Waals surface area contributed by atoms with Crippen LogP contribution in [-0.2, 0) is 9.59 Å². The van der Waals surface area contributed by atoms with Gasteiger partial charge in [-0.2, -0.15) is 5.10 Å². The van der Waals surface area contributed by atoms with Gasteiger partial charge < -0.3 is 10.2 Å². The summed E-state index contributed by atoms with van der Waals surface area (Å²) in [5.41, 5.74) is 1.27. The Kier molecular flexibility index (Phi) is 4.37. The molecule has 146 valence electrons. The van der Waals surface area contributed by atoms with Crippen molar-refractivity contribution in [3.63, 3.8) is 0 Å². The van der Waals surface area contributed by atoms with Gasteiger partial charge in [-0.3, -0.25) is 19.7 Å². The second kappa shape index (κ2) is 6.62. The minimum absolute atomic E-state index is 0.00714. The number of nitrogens with zero attached hydrogens (tertiary/aromatic N) is 4. The van der Waals surface area contributed by atoms with Crippen molar-refractivity contribution in [3.05, 3.63) is 46.1 Å². The number of nitro groups is 1. The van der Waals surface area contributed by atoms with Crippen LogP contribution in [0.1, 0.15) is 25.5 Å². The molecule has 9 nitrogen and oxygen atoms in total. The predicted molar refractivity (Wildman–Crippen MR) is 104 cm³/mol. The van der Waals surface area contributed by atoms with E-state index in [1.54, 1.807) is 41.8 Å². The van der Waals surface area contributed by atoms with Crippen LogP contribution in [0, 0.1) is 17.0 Å². The zero-order valence-corrected chi connectivity index (χ0v) is 16.2. The molecule has 28 heavy (non-hydrogen) atoms. The summed E-state index contributed by atoms with van der Waals surface area (Å²) in [5, 5.41) is 18.1. The van der Waals surface area contributed by atoms with Crippen molar-refractivity contribution in [2.24, 2.45) is 0 Å². The number of non-ortho nitro benzene ring substituents is 1. The molecule has 2 aliphatic heterocycles. The highest BCUT2D eigenvalue weighted by molar-refractivity contribution is 8.01. The van der Waals surface area contributed by atoms with Gasteiger partial charge in [-0.05, 0) is 32.4 Å². The van der Waals surface area contributed by atoms with Crippen LogP contribution < -0.4 is 5.32 Å². The number of nitro benzene ring substituents is 1. The van der Waals surface area contributed by atoms with E-state index < -0.39 is 11.0 Å². The SMILES string of the molecule is Cc1cc(NC(=O)C2CSC3(C)CCC(=O)N23)n(-c2ccc([N+](=O)[O-])cc2)n1. The summed E-state index contributed by atoms with van der Waals surface area (Å²) in [6.07, 6.45) is 1.22. The van der Waals surface area contributed by atoms with Crippen LogP contribution in [0.25, 0.3) is 5.69 Å². The molecule has 3 heterocycles. The lowest BCUT2D eigenvalue weighted by Gasteiger charge is -2.29. The van der Waals surface area contributed by atoms with Gasteiger partial charge in [0.05, 0.1) is 21.2 Å². The average molecular weight is 401 g/mol. The van der Waals surface area contributed by atoms with Gasteiger partial charge in [-0.25, -0.2) is 4.68 Å². The van der Waals surface area contributed by atoms with E-state index in [-0.39, 0.29) is 22.4 Å². The van der Waals surface area contributed by atoms with E-state index in [1.165, 1.54) is 16.8 Å². The molecule has 2 saturated heterocycles. The minimum Gasteiger partial charge on any atom is -0.315 e. The number of fused-ring (bicyclic) bond motifs is 1. The van der Waals surface area contributed by atoms with Crippen molar-refractivity contribution in [2.75, 3.05) is 11.1 Å². The largest absolute Gasteiger partial charge is 0.315 e. The van der Waals surface area contributed by atoms with Crippen LogP contribution in [0.5, 0.6) is 0 Å². The van der Waals surface area contributed by atoms with Crippen LogP contribution in [0.4, 0.5) is 11.5 Å². The number of anilines is 1. The standard InChI is InChI=1S/C18H19N5O4S/c1-11-9-15(22(20-11)12-3-5-13(6-4-12)23(26)27)19-17(25)14-10-28-18(2)8-7-16(24)21(14)18/h3-6,9,14H,7-8,10H2,1-2H3,(H,19,25). The van der Waals surface area contributed by atoms with Crippen molar-refractivity contribution in [1.29, 1.82) is 0 Å². The van der Waals surface area contributed by atoms with Crippen molar-refractivity contribution < 1.29 is 14.5 Å². The molecule has 2 atom stereocenters. The number of aromatic nitrogens is 2. The molecule has 1 aromatic carbocycles. The van der Waals surface area contributed by atoms with Crippen molar-refractivity contribution in [2.45, 2.75) is 37.6 Å². The Morgan fingerprint density at radius 1 is 1.39 bits per heavy atom. The topological polar surface area (TPSA) is 110 Å².